The van der Waals surface area contributed by atoms with Gasteiger partial charge in [0.15, 0.2) is 9.84 Å². The van der Waals surface area contributed by atoms with Gasteiger partial charge < -0.3 is 5.11 Å². The van der Waals surface area contributed by atoms with E-state index in [-0.39, 0.29) is 11.7 Å². The van der Waals surface area contributed by atoms with E-state index in [1.165, 1.54) is 0 Å². The van der Waals surface area contributed by atoms with Gasteiger partial charge in [-0.15, -0.1) is 0 Å². The van der Waals surface area contributed by atoms with Crippen LogP contribution in [0.25, 0.3) is 11.1 Å². The zero-order chi connectivity index (χ0) is 19.7. The van der Waals surface area contributed by atoms with Gasteiger partial charge in [-0.1, -0.05) is 29.8 Å². The summed E-state index contributed by atoms with van der Waals surface area (Å²) in [5, 5.41) is 19.4. The topological polar surface area (TPSA) is 78.2 Å². The van der Waals surface area contributed by atoms with Crippen molar-refractivity contribution in [3.63, 3.8) is 0 Å². The molecule has 0 saturated heterocycles. The van der Waals surface area contributed by atoms with E-state index in [4.69, 9.17) is 16.9 Å². The third-order valence-electron chi connectivity index (χ3n) is 5.26. The third kappa shape index (κ3) is 4.70. The van der Waals surface area contributed by atoms with Gasteiger partial charge in [0.25, 0.3) is 0 Å². The molecule has 1 saturated carbocycles. The van der Waals surface area contributed by atoms with Crippen LogP contribution in [0, 0.1) is 17.2 Å². The van der Waals surface area contributed by atoms with Gasteiger partial charge in [0.2, 0.25) is 0 Å². The Kier molecular flexibility index (Phi) is 5.62. The van der Waals surface area contributed by atoms with Gasteiger partial charge in [-0.3, -0.25) is 0 Å². The Hall–Kier alpha value is -1.87. The fraction of sp³-hybridized carbons (Fsp3) is 0.381. The molecule has 6 heteroatoms. The summed E-state index contributed by atoms with van der Waals surface area (Å²) in [5.74, 6) is 0.197. The molecule has 142 valence electrons. The van der Waals surface area contributed by atoms with Crippen LogP contribution in [0.1, 0.15) is 38.2 Å². The van der Waals surface area contributed by atoms with Crippen molar-refractivity contribution < 1.29 is 13.5 Å². The smallest absolute Gasteiger partial charge is 0.178 e. The molecule has 0 bridgehead atoms. The minimum atomic E-state index is -3.37. The first-order valence-electron chi connectivity index (χ1n) is 8.95. The normalized spacial score (nSPS) is 23.0. The van der Waals surface area contributed by atoms with Crippen molar-refractivity contribution in [3.05, 3.63) is 53.1 Å². The summed E-state index contributed by atoms with van der Waals surface area (Å²) in [4.78, 5) is 0.299. The number of hydrogen-bond donors (Lipinski definition) is 1. The van der Waals surface area contributed by atoms with Crippen LogP contribution >= 0.6 is 11.6 Å². The van der Waals surface area contributed by atoms with Crippen LogP contribution < -0.4 is 0 Å². The number of aliphatic hydroxyl groups is 1. The van der Waals surface area contributed by atoms with E-state index in [1.807, 2.05) is 13.0 Å². The molecular weight excluding hydrogens is 382 g/mol. The van der Waals surface area contributed by atoms with Crippen molar-refractivity contribution >= 4 is 21.4 Å². The molecule has 2 aromatic carbocycles. The molecule has 1 aliphatic rings. The minimum Gasteiger partial charge on any atom is -0.390 e. The number of hydrogen-bond acceptors (Lipinski definition) is 4. The van der Waals surface area contributed by atoms with E-state index in [0.29, 0.717) is 28.3 Å². The number of sulfone groups is 1. The van der Waals surface area contributed by atoms with Crippen LogP contribution in [0.3, 0.4) is 0 Å². The molecule has 3 rings (SSSR count). The molecule has 0 atom stereocenters. The zero-order valence-electron chi connectivity index (χ0n) is 15.2. The van der Waals surface area contributed by atoms with Crippen molar-refractivity contribution in [2.75, 3.05) is 5.75 Å². The monoisotopic (exact) mass is 403 g/mol. The summed E-state index contributed by atoms with van der Waals surface area (Å²) in [7, 11) is -3.37. The number of halogens is 1. The number of rotatable bonds is 4. The lowest BCUT2D eigenvalue weighted by Crippen LogP contribution is -2.32. The lowest BCUT2D eigenvalue weighted by atomic mass is 9.81. The molecule has 1 N–H and O–H groups in total. The Bertz CT molecular complexity index is 965. The molecule has 1 aliphatic carbocycles. The molecule has 0 radical (unpaired) electrons. The van der Waals surface area contributed by atoms with Gasteiger partial charge in [0.05, 0.1) is 27.9 Å². The number of nitriles is 1. The van der Waals surface area contributed by atoms with Crippen LogP contribution in [0.2, 0.25) is 5.02 Å². The second-order valence-corrected chi connectivity index (χ2v) is 9.99. The second kappa shape index (κ2) is 7.63. The summed E-state index contributed by atoms with van der Waals surface area (Å²) in [6.07, 6.45) is 2.74. The lowest BCUT2D eigenvalue weighted by molar-refractivity contribution is 0.0108. The van der Waals surface area contributed by atoms with E-state index < -0.39 is 15.4 Å². The molecule has 0 aromatic heterocycles. The summed E-state index contributed by atoms with van der Waals surface area (Å²) in [6.45, 7) is 1.81. The highest BCUT2D eigenvalue weighted by molar-refractivity contribution is 7.91. The maximum Gasteiger partial charge on any atom is 0.178 e. The van der Waals surface area contributed by atoms with Crippen molar-refractivity contribution in [3.8, 4) is 17.2 Å². The molecule has 2 aromatic rings. The van der Waals surface area contributed by atoms with Crippen molar-refractivity contribution in [1.82, 2.24) is 0 Å². The van der Waals surface area contributed by atoms with E-state index in [1.54, 1.807) is 42.5 Å². The SMILES string of the molecule is CC1(O)CCC(CS(=O)(=O)c2ccc(-c3ccc(C#N)cc3Cl)cc2)CC1. The Labute approximate surface area is 165 Å². The minimum absolute atomic E-state index is 0.0860. The lowest BCUT2D eigenvalue weighted by Gasteiger charge is -2.32. The first kappa shape index (κ1) is 19.9. The first-order chi connectivity index (χ1) is 12.7. The molecule has 1 fully saturated rings. The van der Waals surface area contributed by atoms with Crippen LogP contribution in [0.15, 0.2) is 47.4 Å². The second-order valence-electron chi connectivity index (χ2n) is 7.55. The summed E-state index contributed by atoms with van der Waals surface area (Å²) >= 11 is 6.23. The standard InChI is InChI=1S/C21H22ClNO3S/c1-21(24)10-8-15(9-11-21)14-27(25,26)18-5-3-17(4-6-18)19-7-2-16(13-23)12-20(19)22/h2-7,12,15,24H,8-11,14H2,1H3. The molecule has 0 spiro atoms. The van der Waals surface area contributed by atoms with E-state index in [9.17, 15) is 13.5 Å². The summed E-state index contributed by atoms with van der Waals surface area (Å²) in [6, 6.07) is 13.8. The largest absolute Gasteiger partial charge is 0.390 e. The number of nitrogens with zero attached hydrogens (tertiary/aromatic N) is 1. The fourth-order valence-corrected chi connectivity index (χ4v) is 5.52. The summed E-state index contributed by atoms with van der Waals surface area (Å²) < 4.78 is 25.5. The highest BCUT2D eigenvalue weighted by Crippen LogP contribution is 2.34. The molecule has 0 amide bonds. The highest BCUT2D eigenvalue weighted by atomic mass is 35.5. The molecule has 0 unspecified atom stereocenters. The maximum absolute atomic E-state index is 12.7. The van der Waals surface area contributed by atoms with E-state index >= 15 is 0 Å². The molecule has 0 aliphatic heterocycles. The number of benzene rings is 2. The maximum atomic E-state index is 12.7. The van der Waals surface area contributed by atoms with Crippen molar-refractivity contribution in [1.29, 1.82) is 5.26 Å². The van der Waals surface area contributed by atoms with Crippen molar-refractivity contribution in [2.24, 2.45) is 5.92 Å². The van der Waals surface area contributed by atoms with Crippen LogP contribution in [-0.4, -0.2) is 24.9 Å². The van der Waals surface area contributed by atoms with Crippen LogP contribution in [0.4, 0.5) is 0 Å². The Morgan fingerprint density at radius 1 is 1.19 bits per heavy atom. The molecule has 0 heterocycles. The van der Waals surface area contributed by atoms with Crippen LogP contribution in [0.5, 0.6) is 0 Å². The zero-order valence-corrected chi connectivity index (χ0v) is 16.7. The third-order valence-corrected chi connectivity index (χ3v) is 7.47. The predicted octanol–water partition coefficient (Wildman–Crippen LogP) is 4.59. The average molecular weight is 404 g/mol. The van der Waals surface area contributed by atoms with Crippen molar-refractivity contribution in [2.45, 2.75) is 43.1 Å². The van der Waals surface area contributed by atoms with Gasteiger partial charge in [-0.05, 0) is 68.4 Å². The fourth-order valence-electron chi connectivity index (χ4n) is 3.53. The Morgan fingerprint density at radius 2 is 1.81 bits per heavy atom. The highest BCUT2D eigenvalue weighted by Gasteiger charge is 2.31. The Balaban J connectivity index is 1.76. The van der Waals surface area contributed by atoms with Gasteiger partial charge in [0, 0.05) is 10.6 Å². The Morgan fingerprint density at radius 3 is 2.37 bits per heavy atom. The summed E-state index contributed by atoms with van der Waals surface area (Å²) in [5.41, 5.74) is 1.38. The molecule has 27 heavy (non-hydrogen) atoms. The van der Waals surface area contributed by atoms with Gasteiger partial charge in [-0.2, -0.15) is 5.26 Å². The van der Waals surface area contributed by atoms with Crippen LogP contribution in [-0.2, 0) is 9.84 Å². The van der Waals surface area contributed by atoms with E-state index in [2.05, 4.69) is 0 Å². The van der Waals surface area contributed by atoms with Gasteiger partial charge in [0.1, 0.15) is 0 Å². The van der Waals surface area contributed by atoms with E-state index in [0.717, 1.165) is 24.0 Å². The van der Waals surface area contributed by atoms with Gasteiger partial charge in [-0.25, -0.2) is 8.42 Å². The van der Waals surface area contributed by atoms with Gasteiger partial charge >= 0.3 is 0 Å². The molecule has 4 nitrogen and oxygen atoms in total. The first-order valence-corrected chi connectivity index (χ1v) is 11.0. The quantitative estimate of drug-likeness (QED) is 0.809. The predicted molar refractivity (Wildman–Crippen MR) is 106 cm³/mol. The average Bonchev–Trinajstić information content (AvgIpc) is 2.63. The molecular formula is C21H22ClNO3S.